The smallest absolute Gasteiger partial charge is 0.309 e. The minimum atomic E-state index is -2.86. The molecule has 1 aromatic rings. The molecule has 23 heavy (non-hydrogen) atoms. The Morgan fingerprint density at radius 3 is 2.65 bits per heavy atom. The third kappa shape index (κ3) is 3.11. The van der Waals surface area contributed by atoms with E-state index in [1.54, 1.807) is 13.8 Å². The summed E-state index contributed by atoms with van der Waals surface area (Å²) in [5.41, 5.74) is 1.01. The maximum Gasteiger partial charge on any atom is 0.309 e. The van der Waals surface area contributed by atoms with Gasteiger partial charge < -0.3 is 9.47 Å². The molecule has 1 aromatic carbocycles. The van der Waals surface area contributed by atoms with Crippen LogP contribution in [0.1, 0.15) is 25.8 Å². The van der Waals surface area contributed by atoms with Gasteiger partial charge in [-0.05, 0) is 18.4 Å². The topological polar surface area (TPSA) is 35.5 Å². The predicted octanol–water partition coefficient (Wildman–Crippen LogP) is 3.67. The lowest BCUT2D eigenvalue weighted by Crippen LogP contribution is -2.49. The number of benzene rings is 1. The summed E-state index contributed by atoms with van der Waals surface area (Å²) in [4.78, 5) is 11.9. The minimum absolute atomic E-state index is 0.187. The first kappa shape index (κ1) is 16.4. The third-order valence-corrected chi connectivity index (χ3v) is 5.33. The molecule has 1 aliphatic heterocycles. The molecular weight excluding hydrogens is 302 g/mol. The molecule has 0 radical (unpaired) electrons. The lowest BCUT2D eigenvalue weighted by Gasteiger charge is -2.42. The number of cyclic esters (lactones) is 1. The Hall–Kier alpha value is -1.49. The van der Waals surface area contributed by atoms with E-state index in [-0.39, 0.29) is 24.5 Å². The van der Waals surface area contributed by atoms with Gasteiger partial charge in [0, 0.05) is 18.3 Å². The van der Waals surface area contributed by atoms with Gasteiger partial charge in [0.25, 0.3) is 5.92 Å². The molecule has 3 nitrogen and oxygen atoms in total. The van der Waals surface area contributed by atoms with Crippen LogP contribution in [0.3, 0.4) is 0 Å². The summed E-state index contributed by atoms with van der Waals surface area (Å²) in [6.07, 6.45) is -0.728. The molecule has 2 fully saturated rings. The summed E-state index contributed by atoms with van der Waals surface area (Å²) in [6.45, 7) is 3.95. The number of hydrogen-bond acceptors (Lipinski definition) is 3. The van der Waals surface area contributed by atoms with E-state index in [1.165, 1.54) is 0 Å². The summed E-state index contributed by atoms with van der Waals surface area (Å²) < 4.78 is 39.5. The van der Waals surface area contributed by atoms with Crippen LogP contribution < -0.4 is 0 Å². The summed E-state index contributed by atoms with van der Waals surface area (Å²) in [6, 6.07) is 9.62. The molecule has 0 aromatic heterocycles. The fourth-order valence-electron chi connectivity index (χ4n) is 3.97. The highest BCUT2D eigenvalue weighted by atomic mass is 19.3. The van der Waals surface area contributed by atoms with Crippen LogP contribution in [-0.4, -0.2) is 24.6 Å². The summed E-state index contributed by atoms with van der Waals surface area (Å²) in [5, 5.41) is 0. The normalized spacial score (nSPS) is 35.7. The van der Waals surface area contributed by atoms with Gasteiger partial charge in [-0.15, -0.1) is 0 Å². The quantitative estimate of drug-likeness (QED) is 0.793. The van der Waals surface area contributed by atoms with E-state index in [2.05, 4.69) is 0 Å². The van der Waals surface area contributed by atoms with E-state index >= 15 is 0 Å². The van der Waals surface area contributed by atoms with Crippen LogP contribution in [-0.2, 0) is 20.9 Å². The number of halogens is 2. The second-order valence-corrected chi connectivity index (χ2v) is 6.74. The molecule has 2 aliphatic rings. The van der Waals surface area contributed by atoms with Crippen molar-refractivity contribution in [1.29, 1.82) is 0 Å². The molecule has 1 saturated heterocycles. The van der Waals surface area contributed by atoms with Crippen molar-refractivity contribution in [1.82, 2.24) is 0 Å². The van der Waals surface area contributed by atoms with Gasteiger partial charge in [0.1, 0.15) is 6.10 Å². The maximum absolute atomic E-state index is 14.3. The van der Waals surface area contributed by atoms with Gasteiger partial charge in [0.2, 0.25) is 0 Å². The Balaban J connectivity index is 1.71. The molecular formula is C18H22F2O3. The van der Waals surface area contributed by atoms with Gasteiger partial charge in [-0.25, -0.2) is 8.78 Å². The average Bonchev–Trinajstić information content (AvgIpc) is 2.78. The Morgan fingerprint density at radius 2 is 1.96 bits per heavy atom. The molecule has 0 amide bonds. The van der Waals surface area contributed by atoms with Crippen LogP contribution in [0.5, 0.6) is 0 Å². The number of alkyl halides is 2. The van der Waals surface area contributed by atoms with Crippen LogP contribution >= 0.6 is 0 Å². The molecule has 5 unspecified atom stereocenters. The van der Waals surface area contributed by atoms with E-state index in [1.807, 2.05) is 30.3 Å². The molecule has 1 saturated carbocycles. The van der Waals surface area contributed by atoms with Crippen molar-refractivity contribution in [2.75, 3.05) is 6.61 Å². The zero-order valence-electron chi connectivity index (χ0n) is 13.4. The number of esters is 1. The van der Waals surface area contributed by atoms with Crippen molar-refractivity contribution in [2.45, 2.75) is 38.9 Å². The first-order chi connectivity index (χ1) is 10.9. The number of carbonyl (C=O) groups excluding carboxylic acids is 1. The second-order valence-electron chi connectivity index (χ2n) is 6.74. The molecule has 0 spiro atoms. The van der Waals surface area contributed by atoms with Crippen molar-refractivity contribution >= 4 is 5.97 Å². The van der Waals surface area contributed by atoms with E-state index in [0.29, 0.717) is 6.61 Å². The third-order valence-electron chi connectivity index (χ3n) is 5.33. The monoisotopic (exact) mass is 324 g/mol. The van der Waals surface area contributed by atoms with Crippen LogP contribution in [0.2, 0.25) is 0 Å². The maximum atomic E-state index is 14.3. The van der Waals surface area contributed by atoms with Crippen LogP contribution in [0.25, 0.3) is 0 Å². The van der Waals surface area contributed by atoms with E-state index in [9.17, 15) is 13.6 Å². The van der Waals surface area contributed by atoms with Gasteiger partial charge in [-0.2, -0.15) is 0 Å². The highest BCUT2D eigenvalue weighted by Gasteiger charge is 2.59. The molecule has 5 atom stereocenters. The van der Waals surface area contributed by atoms with Crippen molar-refractivity contribution < 1.29 is 23.0 Å². The lowest BCUT2D eigenvalue weighted by atomic mass is 9.65. The van der Waals surface area contributed by atoms with Crippen molar-refractivity contribution in [2.24, 2.45) is 23.7 Å². The first-order valence-electron chi connectivity index (χ1n) is 8.10. The van der Waals surface area contributed by atoms with Crippen molar-refractivity contribution in [3.05, 3.63) is 35.9 Å². The summed E-state index contributed by atoms with van der Waals surface area (Å²) >= 11 is 0. The SMILES string of the molecule is CC1OC(=O)C2CC(F)(F)C(C)C(COCc3ccccc3)C12. The largest absolute Gasteiger partial charge is 0.462 e. The van der Waals surface area contributed by atoms with Gasteiger partial charge in [0.15, 0.2) is 0 Å². The zero-order valence-corrected chi connectivity index (χ0v) is 13.4. The molecule has 0 N–H and O–H groups in total. The zero-order chi connectivity index (χ0) is 16.6. The Morgan fingerprint density at radius 1 is 1.26 bits per heavy atom. The highest BCUT2D eigenvalue weighted by Crippen LogP contribution is 2.52. The molecule has 1 heterocycles. The number of carbonyl (C=O) groups is 1. The standard InChI is InChI=1S/C18H22F2O3/c1-11-15(10-22-9-13-6-4-3-5-7-13)16-12(2)23-17(21)14(16)8-18(11,19)20/h3-7,11-12,14-16H,8-10H2,1-2H3. The fourth-order valence-corrected chi connectivity index (χ4v) is 3.97. The second kappa shape index (κ2) is 6.19. The fraction of sp³-hybridized carbons (Fsp3) is 0.611. The summed E-state index contributed by atoms with van der Waals surface area (Å²) in [5.74, 6) is -5.44. The lowest BCUT2D eigenvalue weighted by molar-refractivity contribution is -0.160. The predicted molar refractivity (Wildman–Crippen MR) is 80.9 cm³/mol. The molecule has 5 heteroatoms. The number of fused-ring (bicyclic) bond motifs is 1. The average molecular weight is 324 g/mol. The van der Waals surface area contributed by atoms with E-state index in [0.717, 1.165) is 5.56 Å². The molecule has 3 rings (SSSR count). The highest BCUT2D eigenvalue weighted by molar-refractivity contribution is 5.75. The Labute approximate surface area is 135 Å². The van der Waals surface area contributed by atoms with E-state index in [4.69, 9.17) is 9.47 Å². The van der Waals surface area contributed by atoms with Crippen molar-refractivity contribution in [3.63, 3.8) is 0 Å². The Kier molecular flexibility index (Phi) is 4.41. The summed E-state index contributed by atoms with van der Waals surface area (Å²) in [7, 11) is 0. The van der Waals surface area contributed by atoms with Gasteiger partial charge in [-0.3, -0.25) is 4.79 Å². The molecule has 1 aliphatic carbocycles. The molecule has 0 bridgehead atoms. The van der Waals surface area contributed by atoms with Gasteiger partial charge >= 0.3 is 5.97 Å². The van der Waals surface area contributed by atoms with E-state index < -0.39 is 30.1 Å². The van der Waals surface area contributed by atoms with Crippen LogP contribution in [0.4, 0.5) is 8.78 Å². The Bertz CT molecular complexity index is 561. The van der Waals surface area contributed by atoms with Crippen LogP contribution in [0, 0.1) is 23.7 Å². The van der Waals surface area contributed by atoms with Crippen LogP contribution in [0.15, 0.2) is 30.3 Å². The van der Waals surface area contributed by atoms with Gasteiger partial charge in [-0.1, -0.05) is 37.3 Å². The first-order valence-corrected chi connectivity index (χ1v) is 8.10. The molecule has 126 valence electrons. The number of rotatable bonds is 4. The number of ether oxygens (including phenoxy) is 2. The minimum Gasteiger partial charge on any atom is -0.462 e. The van der Waals surface area contributed by atoms with Crippen molar-refractivity contribution in [3.8, 4) is 0 Å². The number of hydrogen-bond donors (Lipinski definition) is 0. The van der Waals surface area contributed by atoms with Gasteiger partial charge in [0.05, 0.1) is 19.1 Å².